The first-order valence-corrected chi connectivity index (χ1v) is 9.16. The highest BCUT2D eigenvalue weighted by Gasteiger charge is 2.44. The van der Waals surface area contributed by atoms with Crippen LogP contribution < -0.4 is 0 Å². The lowest BCUT2D eigenvalue weighted by Crippen LogP contribution is -2.60. The van der Waals surface area contributed by atoms with Crippen LogP contribution in [0.3, 0.4) is 0 Å². The third kappa shape index (κ3) is 2.62. The molecule has 1 N–H and O–H groups in total. The largest absolute Gasteiger partial charge is 0.386 e. The van der Waals surface area contributed by atoms with Gasteiger partial charge in [-0.3, -0.25) is 9.58 Å². The number of fused-ring (bicyclic) bond motifs is 1. The van der Waals surface area contributed by atoms with Gasteiger partial charge < -0.3 is 5.11 Å². The Labute approximate surface area is 135 Å². The summed E-state index contributed by atoms with van der Waals surface area (Å²) in [6.07, 6.45) is 7.62. The molecule has 2 saturated heterocycles. The van der Waals surface area contributed by atoms with Gasteiger partial charge in [0.25, 0.3) is 0 Å². The summed E-state index contributed by atoms with van der Waals surface area (Å²) in [5, 5.41) is 18.0. The number of hydrogen-bond donors (Lipinski definition) is 1. The average molecular weight is 317 g/mol. The molecule has 0 amide bonds. The minimum absolute atomic E-state index is 0.310. The van der Waals surface area contributed by atoms with Crippen LogP contribution in [-0.4, -0.2) is 44.5 Å². The van der Waals surface area contributed by atoms with Gasteiger partial charge in [0.15, 0.2) is 0 Å². The van der Waals surface area contributed by atoms with Gasteiger partial charge in [-0.2, -0.15) is 5.10 Å². The Morgan fingerprint density at radius 1 is 1.27 bits per heavy atom. The molecule has 2 aliphatic rings. The van der Waals surface area contributed by atoms with E-state index in [9.17, 15) is 5.11 Å². The SMILES string of the molecule is O[C@@]1(Cn2ccc(-c3cccs3)n2)CCCN2CCCC[C@@H]21. The van der Waals surface area contributed by atoms with Gasteiger partial charge in [0.2, 0.25) is 0 Å². The van der Waals surface area contributed by atoms with Crippen LogP contribution in [0.15, 0.2) is 29.8 Å². The molecule has 2 aromatic heterocycles. The molecule has 2 aliphatic heterocycles. The Hall–Kier alpha value is -1.17. The lowest BCUT2D eigenvalue weighted by molar-refractivity contribution is -0.105. The molecule has 2 fully saturated rings. The number of hydrogen-bond acceptors (Lipinski definition) is 4. The lowest BCUT2D eigenvalue weighted by atomic mass is 9.79. The summed E-state index contributed by atoms with van der Waals surface area (Å²) >= 11 is 1.71. The predicted octanol–water partition coefficient (Wildman–Crippen LogP) is 2.99. The molecule has 2 atom stereocenters. The summed E-state index contributed by atoms with van der Waals surface area (Å²) in [6.45, 7) is 2.90. The highest BCUT2D eigenvalue weighted by Crippen LogP contribution is 2.35. The quantitative estimate of drug-likeness (QED) is 0.946. The minimum Gasteiger partial charge on any atom is -0.386 e. The van der Waals surface area contributed by atoms with Crippen molar-refractivity contribution in [2.24, 2.45) is 0 Å². The van der Waals surface area contributed by atoms with Crippen molar-refractivity contribution in [3.05, 3.63) is 29.8 Å². The van der Waals surface area contributed by atoms with Crippen molar-refractivity contribution >= 4 is 11.3 Å². The zero-order valence-corrected chi connectivity index (χ0v) is 13.6. The van der Waals surface area contributed by atoms with Crippen LogP contribution in [0.4, 0.5) is 0 Å². The van der Waals surface area contributed by atoms with Crippen molar-refractivity contribution in [1.82, 2.24) is 14.7 Å². The third-order valence-corrected chi connectivity index (χ3v) is 6.03. The summed E-state index contributed by atoms with van der Waals surface area (Å²) in [6, 6.07) is 6.50. The average Bonchev–Trinajstić information content (AvgIpc) is 3.18. The molecule has 4 nitrogen and oxygen atoms in total. The standard InChI is InChI=1S/C17H23N3OS/c21-17(8-4-10-19-9-2-1-6-16(17)19)13-20-11-7-14(18-20)15-5-3-12-22-15/h3,5,7,11-12,16,21H,1-2,4,6,8-10,13H2/t16-,17-/m1/s1. The molecule has 0 radical (unpaired) electrons. The van der Waals surface area contributed by atoms with Gasteiger partial charge in [0.1, 0.15) is 5.69 Å². The van der Waals surface area contributed by atoms with E-state index in [0.717, 1.165) is 38.0 Å². The van der Waals surface area contributed by atoms with E-state index in [1.54, 1.807) is 11.3 Å². The van der Waals surface area contributed by atoms with Crippen molar-refractivity contribution in [3.8, 4) is 10.6 Å². The fourth-order valence-corrected chi connectivity index (χ4v) is 4.78. The second kappa shape index (κ2) is 5.80. The van der Waals surface area contributed by atoms with Crippen LogP contribution >= 0.6 is 11.3 Å². The first kappa shape index (κ1) is 14.4. The van der Waals surface area contributed by atoms with Crippen molar-refractivity contribution < 1.29 is 5.11 Å². The normalized spacial score (nSPS) is 29.4. The summed E-state index contributed by atoms with van der Waals surface area (Å²) in [5.74, 6) is 0. The summed E-state index contributed by atoms with van der Waals surface area (Å²) in [4.78, 5) is 3.69. The van der Waals surface area contributed by atoms with E-state index in [0.29, 0.717) is 12.6 Å². The molecule has 5 heteroatoms. The van der Waals surface area contributed by atoms with Gasteiger partial charge in [0, 0.05) is 12.2 Å². The Bertz CT molecular complexity index is 622. The van der Waals surface area contributed by atoms with Crippen LogP contribution in [0.25, 0.3) is 10.6 Å². The lowest BCUT2D eigenvalue weighted by Gasteiger charge is -2.49. The summed E-state index contributed by atoms with van der Waals surface area (Å²) in [5.41, 5.74) is 0.382. The number of rotatable bonds is 3. The molecule has 0 unspecified atom stereocenters. The Balaban J connectivity index is 1.54. The second-order valence-electron chi connectivity index (χ2n) is 6.63. The van der Waals surface area contributed by atoms with Gasteiger partial charge in [0.05, 0.1) is 17.0 Å². The molecule has 4 rings (SSSR count). The van der Waals surface area contributed by atoms with Crippen LogP contribution in [0, 0.1) is 0 Å². The van der Waals surface area contributed by atoms with Gasteiger partial charge >= 0.3 is 0 Å². The van der Waals surface area contributed by atoms with E-state index < -0.39 is 5.60 Å². The van der Waals surface area contributed by atoms with Crippen molar-refractivity contribution in [1.29, 1.82) is 0 Å². The van der Waals surface area contributed by atoms with Gasteiger partial charge in [-0.15, -0.1) is 11.3 Å². The number of piperidine rings is 2. The number of aliphatic hydroxyl groups is 1. The topological polar surface area (TPSA) is 41.3 Å². The molecule has 22 heavy (non-hydrogen) atoms. The second-order valence-corrected chi connectivity index (χ2v) is 7.58. The molecule has 0 bridgehead atoms. The number of nitrogens with zero attached hydrogens (tertiary/aromatic N) is 3. The highest BCUT2D eigenvalue weighted by atomic mass is 32.1. The fraction of sp³-hybridized carbons (Fsp3) is 0.588. The van der Waals surface area contributed by atoms with Crippen LogP contribution in [0.5, 0.6) is 0 Å². The van der Waals surface area contributed by atoms with E-state index in [1.165, 1.54) is 17.7 Å². The van der Waals surface area contributed by atoms with E-state index >= 15 is 0 Å². The van der Waals surface area contributed by atoms with Gasteiger partial charge in [-0.1, -0.05) is 12.5 Å². The monoisotopic (exact) mass is 317 g/mol. The van der Waals surface area contributed by atoms with Crippen LogP contribution in [0.2, 0.25) is 0 Å². The van der Waals surface area contributed by atoms with Crippen molar-refractivity contribution in [2.75, 3.05) is 13.1 Å². The van der Waals surface area contributed by atoms with Gasteiger partial charge in [-0.05, 0) is 56.3 Å². The third-order valence-electron chi connectivity index (χ3n) is 5.14. The molecular weight excluding hydrogens is 294 g/mol. The summed E-state index contributed by atoms with van der Waals surface area (Å²) in [7, 11) is 0. The van der Waals surface area contributed by atoms with E-state index in [4.69, 9.17) is 0 Å². The van der Waals surface area contributed by atoms with Crippen molar-refractivity contribution in [3.63, 3.8) is 0 Å². The van der Waals surface area contributed by atoms with Crippen LogP contribution in [0.1, 0.15) is 32.1 Å². The first-order chi connectivity index (χ1) is 10.7. The zero-order valence-electron chi connectivity index (χ0n) is 12.8. The predicted molar refractivity (Wildman–Crippen MR) is 88.9 cm³/mol. The first-order valence-electron chi connectivity index (χ1n) is 8.28. The van der Waals surface area contributed by atoms with Crippen molar-refractivity contribution in [2.45, 2.75) is 50.3 Å². The molecule has 4 heterocycles. The Kier molecular flexibility index (Phi) is 3.80. The maximum absolute atomic E-state index is 11.3. The fourth-order valence-electron chi connectivity index (χ4n) is 4.09. The molecule has 0 spiro atoms. The highest BCUT2D eigenvalue weighted by molar-refractivity contribution is 7.13. The maximum atomic E-state index is 11.3. The molecule has 0 saturated carbocycles. The van der Waals surface area contributed by atoms with E-state index in [-0.39, 0.29) is 0 Å². The van der Waals surface area contributed by atoms with E-state index in [1.807, 2.05) is 16.9 Å². The van der Waals surface area contributed by atoms with Crippen LogP contribution in [-0.2, 0) is 6.54 Å². The molecule has 0 aliphatic carbocycles. The zero-order chi connectivity index (χ0) is 15.0. The number of aromatic nitrogens is 2. The Morgan fingerprint density at radius 3 is 3.05 bits per heavy atom. The molecular formula is C17H23N3OS. The summed E-state index contributed by atoms with van der Waals surface area (Å²) < 4.78 is 1.94. The minimum atomic E-state index is -0.628. The van der Waals surface area contributed by atoms with Gasteiger partial charge in [-0.25, -0.2) is 0 Å². The molecule has 0 aromatic carbocycles. The number of thiophene rings is 1. The van der Waals surface area contributed by atoms with E-state index in [2.05, 4.69) is 27.5 Å². The molecule has 118 valence electrons. The Morgan fingerprint density at radius 2 is 2.18 bits per heavy atom. The maximum Gasteiger partial charge on any atom is 0.102 e. The molecule has 2 aromatic rings. The smallest absolute Gasteiger partial charge is 0.102 e.